The molecule has 6 heteroatoms. The van der Waals surface area contributed by atoms with Crippen LogP contribution in [-0.2, 0) is 0 Å². The van der Waals surface area contributed by atoms with E-state index >= 15 is 0 Å². The second-order valence-corrected chi connectivity index (χ2v) is 10.1. The van der Waals surface area contributed by atoms with Crippen molar-refractivity contribution in [1.29, 1.82) is 0 Å². The Morgan fingerprint density at radius 1 is 0.421 bits per heavy atom. The molecule has 0 aliphatic carbocycles. The molecule has 0 amide bonds. The highest BCUT2D eigenvalue weighted by Gasteiger charge is 2.27. The van der Waals surface area contributed by atoms with Crippen molar-refractivity contribution in [3.05, 3.63) is 112 Å². The van der Waals surface area contributed by atoms with E-state index in [0.29, 0.717) is 21.9 Å². The molecule has 5 aromatic heterocycles. The summed E-state index contributed by atoms with van der Waals surface area (Å²) in [5, 5.41) is 5.06. The van der Waals surface area contributed by atoms with E-state index in [1.807, 2.05) is 93.7 Å². The molecule has 0 saturated carbocycles. The van der Waals surface area contributed by atoms with Crippen molar-refractivity contribution < 1.29 is 4.42 Å². The number of hydrogen-bond acceptors (Lipinski definition) is 3. The molecular weight excluding hydrogens is 474 g/mol. The van der Waals surface area contributed by atoms with E-state index in [2.05, 4.69) is 10.5 Å². The highest BCUT2D eigenvalue weighted by Crippen LogP contribution is 2.42. The predicted molar refractivity (Wildman–Crippen MR) is 152 cm³/mol. The van der Waals surface area contributed by atoms with Gasteiger partial charge in [0.15, 0.2) is 11.2 Å². The molecule has 0 unspecified atom stereocenters. The van der Waals surface area contributed by atoms with Crippen LogP contribution in [0.1, 0.15) is 0 Å². The van der Waals surface area contributed by atoms with Gasteiger partial charge >= 0.3 is 0 Å². The summed E-state index contributed by atoms with van der Waals surface area (Å²) in [5.74, 6) is 0. The number of nitrogens with zero attached hydrogens (tertiary/aromatic N) is 3. The first kappa shape index (κ1) is 18.8. The summed E-state index contributed by atoms with van der Waals surface area (Å²) in [6.45, 7) is 0. The Hall–Kier alpha value is -5.36. The SMILES string of the molecule is O=c1c2ccccc2c2cc3c4ccccc4c(=O)n4c5cccc6oc7cccc8c7n(c65)c(c2n18)c34. The molecule has 0 aliphatic rings. The summed E-state index contributed by atoms with van der Waals surface area (Å²) in [5.41, 5.74) is 6.81. The monoisotopic (exact) mass is 489 g/mol. The van der Waals surface area contributed by atoms with Crippen molar-refractivity contribution in [3.8, 4) is 0 Å². The quantitative estimate of drug-likeness (QED) is 0.179. The Morgan fingerprint density at radius 2 is 0.895 bits per heavy atom. The highest BCUT2D eigenvalue weighted by atomic mass is 16.3. The van der Waals surface area contributed by atoms with E-state index < -0.39 is 0 Å². The van der Waals surface area contributed by atoms with Crippen LogP contribution in [0, 0.1) is 0 Å². The van der Waals surface area contributed by atoms with Crippen molar-refractivity contribution in [1.82, 2.24) is 13.2 Å². The fourth-order valence-corrected chi connectivity index (χ4v) is 6.89. The fourth-order valence-electron chi connectivity index (χ4n) is 6.89. The molecule has 0 aliphatic heterocycles. The Labute approximate surface area is 211 Å². The van der Waals surface area contributed by atoms with Crippen LogP contribution in [0.2, 0.25) is 0 Å². The van der Waals surface area contributed by atoms with Crippen LogP contribution in [0.15, 0.2) is 105 Å². The lowest BCUT2D eigenvalue weighted by Gasteiger charge is -2.24. The largest absolute Gasteiger partial charge is 0.453 e. The highest BCUT2D eigenvalue weighted by molar-refractivity contribution is 6.26. The summed E-state index contributed by atoms with van der Waals surface area (Å²) in [6.07, 6.45) is 0. The van der Waals surface area contributed by atoms with Crippen molar-refractivity contribution in [2.45, 2.75) is 0 Å². The summed E-state index contributed by atoms with van der Waals surface area (Å²) in [6, 6.07) is 29.4. The maximum absolute atomic E-state index is 14.2. The zero-order valence-electron chi connectivity index (χ0n) is 19.7. The minimum Gasteiger partial charge on any atom is -0.453 e. The molecule has 0 bridgehead atoms. The number of fused-ring (bicyclic) bond motifs is 6. The molecule has 5 heterocycles. The number of aromatic nitrogens is 3. The van der Waals surface area contributed by atoms with Gasteiger partial charge in [-0.3, -0.25) is 22.8 Å². The van der Waals surface area contributed by atoms with E-state index in [1.165, 1.54) is 0 Å². The van der Waals surface area contributed by atoms with Crippen LogP contribution in [0.5, 0.6) is 0 Å². The van der Waals surface area contributed by atoms with E-state index in [0.717, 1.165) is 60.2 Å². The van der Waals surface area contributed by atoms with Gasteiger partial charge in [0.2, 0.25) is 0 Å². The van der Waals surface area contributed by atoms with E-state index in [9.17, 15) is 9.59 Å². The van der Waals surface area contributed by atoms with Gasteiger partial charge in [0.05, 0.1) is 27.6 Å². The third-order valence-corrected chi connectivity index (χ3v) is 8.32. The third-order valence-electron chi connectivity index (χ3n) is 8.32. The summed E-state index contributed by atoms with van der Waals surface area (Å²) in [7, 11) is 0. The van der Waals surface area contributed by atoms with Crippen LogP contribution < -0.4 is 11.1 Å². The lowest BCUT2D eigenvalue weighted by atomic mass is 9.98. The zero-order valence-corrected chi connectivity index (χ0v) is 19.7. The molecular formula is C32H15N3O3. The Morgan fingerprint density at radius 3 is 1.39 bits per heavy atom. The van der Waals surface area contributed by atoms with Crippen LogP contribution >= 0.6 is 0 Å². The van der Waals surface area contributed by atoms with E-state index in [1.54, 1.807) is 0 Å². The molecule has 176 valence electrons. The number of pyridine rings is 2. The summed E-state index contributed by atoms with van der Waals surface area (Å²) in [4.78, 5) is 28.3. The van der Waals surface area contributed by atoms with Gasteiger partial charge in [0.1, 0.15) is 11.0 Å². The molecule has 10 rings (SSSR count). The average molecular weight is 489 g/mol. The van der Waals surface area contributed by atoms with Crippen LogP contribution in [0.3, 0.4) is 0 Å². The topological polar surface area (TPSA) is 60.5 Å². The fraction of sp³-hybridized carbons (Fsp3) is 0. The Balaban J connectivity index is 1.78. The third kappa shape index (κ3) is 1.85. The minimum atomic E-state index is -0.0870. The van der Waals surface area contributed by atoms with Gasteiger partial charge in [-0.15, -0.1) is 0 Å². The molecule has 0 fully saturated rings. The number of benzene rings is 5. The van der Waals surface area contributed by atoms with Gasteiger partial charge in [-0.25, -0.2) is 0 Å². The van der Waals surface area contributed by atoms with Crippen molar-refractivity contribution in [2.75, 3.05) is 0 Å². The normalized spacial score (nSPS) is 12.9. The molecule has 0 atom stereocenters. The van der Waals surface area contributed by atoms with E-state index in [-0.39, 0.29) is 11.1 Å². The Bertz CT molecular complexity index is 2590. The van der Waals surface area contributed by atoms with Crippen LogP contribution in [-0.4, -0.2) is 13.2 Å². The first-order valence-corrected chi connectivity index (χ1v) is 12.5. The van der Waals surface area contributed by atoms with Crippen LogP contribution in [0.25, 0.3) is 82.1 Å². The van der Waals surface area contributed by atoms with Crippen molar-refractivity contribution >= 4 is 82.1 Å². The van der Waals surface area contributed by atoms with Gasteiger partial charge in [-0.05, 0) is 53.2 Å². The maximum Gasteiger partial charge on any atom is 0.263 e. The molecule has 38 heavy (non-hydrogen) atoms. The van der Waals surface area contributed by atoms with Gasteiger partial charge in [-0.1, -0.05) is 48.5 Å². The first-order valence-electron chi connectivity index (χ1n) is 12.5. The second kappa shape index (κ2) is 5.95. The van der Waals surface area contributed by atoms with Gasteiger partial charge in [0.25, 0.3) is 11.1 Å². The smallest absolute Gasteiger partial charge is 0.263 e. The lowest BCUT2D eigenvalue weighted by Crippen LogP contribution is -2.22. The first-order chi connectivity index (χ1) is 18.7. The summed E-state index contributed by atoms with van der Waals surface area (Å²) >= 11 is 0. The summed E-state index contributed by atoms with van der Waals surface area (Å²) < 4.78 is 12.3. The van der Waals surface area contributed by atoms with Gasteiger partial charge < -0.3 is 4.42 Å². The lowest BCUT2D eigenvalue weighted by molar-refractivity contribution is 0.655. The maximum atomic E-state index is 14.2. The molecule has 5 aromatic carbocycles. The molecule has 0 radical (unpaired) electrons. The molecule has 6 nitrogen and oxygen atoms in total. The van der Waals surface area contributed by atoms with Crippen LogP contribution in [0.4, 0.5) is 0 Å². The van der Waals surface area contributed by atoms with Gasteiger partial charge in [-0.2, -0.15) is 0 Å². The average Bonchev–Trinajstić information content (AvgIpc) is 2.96. The number of para-hydroxylation sites is 2. The zero-order chi connectivity index (χ0) is 24.9. The molecule has 0 saturated heterocycles. The number of hydrogen-bond donors (Lipinski definition) is 0. The molecule has 10 aromatic rings. The van der Waals surface area contributed by atoms with Gasteiger partial charge in [0, 0.05) is 21.5 Å². The van der Waals surface area contributed by atoms with E-state index in [4.69, 9.17) is 4.42 Å². The minimum absolute atomic E-state index is 0.0870. The standard InChI is InChI=1S/C32H15N3O3/c36-31-18-9-3-1-7-16(18)20-15-21-17-8-2-4-10-19(17)32(37)34-23-12-6-14-25-29(23)35-28-22(11-5-13-24(28)38-25)33(31)26(20)30(35)27(21)34/h1-15H. The molecule has 0 spiro atoms. The van der Waals surface area contributed by atoms with Crippen molar-refractivity contribution in [3.63, 3.8) is 0 Å². The number of rotatable bonds is 0. The Kier molecular flexibility index (Phi) is 2.95. The van der Waals surface area contributed by atoms with Crippen molar-refractivity contribution in [2.24, 2.45) is 0 Å². The predicted octanol–water partition coefficient (Wildman–Crippen LogP) is 6.55. The molecule has 0 N–H and O–H groups in total. The second-order valence-electron chi connectivity index (χ2n) is 10.1.